The number of fused-ring (bicyclic) bond motifs is 1. The van der Waals surface area contributed by atoms with Crippen LogP contribution in [0.1, 0.15) is 30.4 Å². The quantitative estimate of drug-likeness (QED) is 0.358. The molecule has 1 aliphatic heterocycles. The molecule has 0 saturated heterocycles. The van der Waals surface area contributed by atoms with Crippen molar-refractivity contribution in [3.63, 3.8) is 0 Å². The molecular formula is C25H24Si. The van der Waals surface area contributed by atoms with Gasteiger partial charge in [-0.1, -0.05) is 107 Å². The zero-order valence-electron chi connectivity index (χ0n) is 15.1. The highest BCUT2D eigenvalue weighted by atomic mass is 28.3. The number of hydrogen-bond donors (Lipinski definition) is 0. The predicted molar refractivity (Wildman–Crippen MR) is 114 cm³/mol. The van der Waals surface area contributed by atoms with Crippen molar-refractivity contribution in [2.24, 2.45) is 0 Å². The Hall–Kier alpha value is -2.56. The van der Waals surface area contributed by atoms with Crippen LogP contribution in [0.4, 0.5) is 0 Å². The molecule has 1 atom stereocenters. The van der Waals surface area contributed by atoms with E-state index in [1.807, 2.05) is 18.2 Å². The molecule has 128 valence electrons. The van der Waals surface area contributed by atoms with E-state index in [0.29, 0.717) is 0 Å². The smallest absolute Gasteiger partial charge is 0.0979 e. The van der Waals surface area contributed by atoms with E-state index in [2.05, 4.69) is 78.6 Å². The Morgan fingerprint density at radius 2 is 1.42 bits per heavy atom. The van der Waals surface area contributed by atoms with Gasteiger partial charge in [-0.2, -0.15) is 0 Å². The Morgan fingerprint density at radius 3 is 2.19 bits per heavy atom. The van der Waals surface area contributed by atoms with Gasteiger partial charge in [-0.3, -0.25) is 0 Å². The van der Waals surface area contributed by atoms with Gasteiger partial charge in [0.15, 0.2) is 0 Å². The second kappa shape index (κ2) is 7.77. The van der Waals surface area contributed by atoms with Crippen LogP contribution < -0.4 is 10.4 Å². The molecule has 0 N–H and O–H groups in total. The third-order valence-electron chi connectivity index (χ3n) is 5.51. The molecule has 1 unspecified atom stereocenters. The van der Waals surface area contributed by atoms with Gasteiger partial charge in [0, 0.05) is 12.0 Å². The molecule has 26 heavy (non-hydrogen) atoms. The summed E-state index contributed by atoms with van der Waals surface area (Å²) in [6.45, 7) is 0. The van der Waals surface area contributed by atoms with Gasteiger partial charge in [0.2, 0.25) is 0 Å². The van der Waals surface area contributed by atoms with Gasteiger partial charge >= 0.3 is 0 Å². The Kier molecular flexibility index (Phi) is 5.04. The summed E-state index contributed by atoms with van der Waals surface area (Å²) in [5.41, 5.74) is 2.70. The van der Waals surface area contributed by atoms with Gasteiger partial charge in [0.05, 0.1) is 0 Å². The molecule has 1 aliphatic rings. The van der Waals surface area contributed by atoms with Gasteiger partial charge < -0.3 is 0 Å². The molecule has 0 amide bonds. The fraction of sp³-hybridized carbons (Fsp3) is 0.200. The largest absolute Gasteiger partial charge is 0.122 e. The predicted octanol–water partition coefficient (Wildman–Crippen LogP) is 4.57. The molecule has 0 spiro atoms. The third-order valence-corrected chi connectivity index (χ3v) is 10.7. The van der Waals surface area contributed by atoms with Crippen LogP contribution in [0.2, 0.25) is 6.04 Å². The molecule has 0 radical (unpaired) electrons. The topological polar surface area (TPSA) is 0 Å². The van der Waals surface area contributed by atoms with E-state index in [1.165, 1.54) is 24.9 Å². The zero-order valence-corrected chi connectivity index (χ0v) is 16.1. The Balaban J connectivity index is 1.41. The van der Waals surface area contributed by atoms with Crippen LogP contribution in [-0.4, -0.2) is 8.07 Å². The molecule has 0 fully saturated rings. The molecule has 1 heteroatoms. The standard InChI is InChI=1S/C25H24Si/c1(5-13-22-14-6-3-7-15-22)2-12-20-26(24-17-8-4-9-18-24)21-23-16-10-11-19-25(23)26/h3-4,6-11,14-19H,1-2,12,20-21H2. The van der Waals surface area contributed by atoms with E-state index in [0.717, 1.165) is 12.0 Å². The average molecular weight is 353 g/mol. The fourth-order valence-electron chi connectivity index (χ4n) is 4.16. The average Bonchev–Trinajstić information content (AvgIpc) is 2.69. The SMILES string of the molecule is C(#Cc1ccccc1)CCCC[Si]1(c2ccccc2)Cc2ccccc21. The molecule has 3 aromatic rings. The van der Waals surface area contributed by atoms with E-state index in [9.17, 15) is 0 Å². The molecular weight excluding hydrogens is 328 g/mol. The lowest BCUT2D eigenvalue weighted by atomic mass is 10.2. The summed E-state index contributed by atoms with van der Waals surface area (Å²) in [5, 5.41) is 3.27. The van der Waals surface area contributed by atoms with Crippen LogP contribution in [0.25, 0.3) is 0 Å². The van der Waals surface area contributed by atoms with Crippen molar-refractivity contribution >= 4 is 18.4 Å². The van der Waals surface area contributed by atoms with Gasteiger partial charge in [-0.05, 0) is 30.6 Å². The van der Waals surface area contributed by atoms with E-state index < -0.39 is 8.07 Å². The van der Waals surface area contributed by atoms with Crippen LogP contribution in [-0.2, 0) is 6.04 Å². The summed E-state index contributed by atoms with van der Waals surface area (Å²) in [4.78, 5) is 0. The molecule has 4 rings (SSSR count). The summed E-state index contributed by atoms with van der Waals surface area (Å²) in [6.07, 6.45) is 3.47. The highest BCUT2D eigenvalue weighted by Crippen LogP contribution is 2.28. The lowest BCUT2D eigenvalue weighted by Crippen LogP contribution is -2.68. The van der Waals surface area contributed by atoms with Crippen LogP contribution in [0.3, 0.4) is 0 Å². The normalized spacial score (nSPS) is 17.5. The Morgan fingerprint density at radius 1 is 0.731 bits per heavy atom. The van der Waals surface area contributed by atoms with Gasteiger partial charge in [0.25, 0.3) is 0 Å². The van der Waals surface area contributed by atoms with Crippen LogP contribution in [0.5, 0.6) is 0 Å². The molecule has 3 aromatic carbocycles. The van der Waals surface area contributed by atoms with Crippen LogP contribution in [0, 0.1) is 11.8 Å². The minimum atomic E-state index is -1.51. The van der Waals surface area contributed by atoms with Crippen molar-refractivity contribution in [3.8, 4) is 11.8 Å². The lowest BCUT2D eigenvalue weighted by Gasteiger charge is -2.43. The van der Waals surface area contributed by atoms with Crippen molar-refractivity contribution in [3.05, 3.63) is 96.1 Å². The van der Waals surface area contributed by atoms with Crippen molar-refractivity contribution in [1.29, 1.82) is 0 Å². The zero-order chi connectivity index (χ0) is 17.7. The van der Waals surface area contributed by atoms with Gasteiger partial charge in [-0.15, -0.1) is 0 Å². The second-order valence-electron chi connectivity index (χ2n) is 7.16. The third kappa shape index (κ3) is 3.38. The first-order valence-electron chi connectivity index (χ1n) is 9.56. The summed E-state index contributed by atoms with van der Waals surface area (Å²) in [6, 6.07) is 33.3. The summed E-state index contributed by atoms with van der Waals surface area (Å²) >= 11 is 0. The number of benzene rings is 3. The maximum Gasteiger partial charge on any atom is 0.122 e. The van der Waals surface area contributed by atoms with E-state index >= 15 is 0 Å². The number of unbranched alkanes of at least 4 members (excludes halogenated alkanes) is 2. The van der Waals surface area contributed by atoms with Crippen molar-refractivity contribution in [2.45, 2.75) is 31.4 Å². The summed E-state index contributed by atoms with van der Waals surface area (Å²) in [7, 11) is -1.51. The first kappa shape index (κ1) is 16.9. The molecule has 0 bridgehead atoms. The van der Waals surface area contributed by atoms with E-state index in [4.69, 9.17) is 0 Å². The highest BCUT2D eigenvalue weighted by Gasteiger charge is 2.45. The van der Waals surface area contributed by atoms with Crippen molar-refractivity contribution in [2.75, 3.05) is 0 Å². The minimum Gasteiger partial charge on any atom is -0.0979 e. The lowest BCUT2D eigenvalue weighted by molar-refractivity contribution is 0.813. The maximum absolute atomic E-state index is 3.35. The highest BCUT2D eigenvalue weighted by molar-refractivity contribution is 7.05. The fourth-order valence-corrected chi connectivity index (χ4v) is 9.15. The first-order valence-corrected chi connectivity index (χ1v) is 12.0. The molecule has 1 heterocycles. The minimum absolute atomic E-state index is 0.996. The summed E-state index contributed by atoms with van der Waals surface area (Å²) < 4.78 is 0. The van der Waals surface area contributed by atoms with Crippen LogP contribution >= 0.6 is 0 Å². The second-order valence-corrected chi connectivity index (χ2v) is 11.3. The Bertz CT molecular complexity index is 918. The van der Waals surface area contributed by atoms with Crippen molar-refractivity contribution < 1.29 is 0 Å². The van der Waals surface area contributed by atoms with Crippen LogP contribution in [0.15, 0.2) is 84.9 Å². The monoisotopic (exact) mass is 352 g/mol. The number of hydrogen-bond acceptors (Lipinski definition) is 0. The maximum atomic E-state index is 3.35. The van der Waals surface area contributed by atoms with Crippen molar-refractivity contribution in [1.82, 2.24) is 0 Å². The van der Waals surface area contributed by atoms with E-state index in [1.54, 1.807) is 15.9 Å². The molecule has 0 nitrogen and oxygen atoms in total. The Labute approximate surface area is 157 Å². The number of rotatable bonds is 5. The molecule has 0 aromatic heterocycles. The molecule has 0 saturated carbocycles. The van der Waals surface area contributed by atoms with E-state index in [-0.39, 0.29) is 0 Å². The first-order chi connectivity index (χ1) is 12.9. The van der Waals surface area contributed by atoms with Gasteiger partial charge in [0.1, 0.15) is 8.07 Å². The van der Waals surface area contributed by atoms with Gasteiger partial charge in [-0.25, -0.2) is 0 Å². The summed E-state index contributed by atoms with van der Waals surface area (Å²) in [5.74, 6) is 6.63. The molecule has 0 aliphatic carbocycles.